The molecule has 4 unspecified atom stereocenters. The summed E-state index contributed by atoms with van der Waals surface area (Å²) in [4.78, 5) is 64.7. The molecule has 0 bridgehead atoms. The van der Waals surface area contributed by atoms with Crippen LogP contribution in [-0.4, -0.2) is 101 Å². The van der Waals surface area contributed by atoms with E-state index < -0.39 is 43.1 Å². The van der Waals surface area contributed by atoms with Gasteiger partial charge in [0, 0.05) is 77.2 Å². The average molecular weight is 1130 g/mol. The van der Waals surface area contributed by atoms with Crippen LogP contribution in [0.5, 0.6) is 0 Å². The first-order valence-electron chi connectivity index (χ1n) is 23.9. The number of ether oxygens (including phenoxy) is 4. The smallest absolute Gasteiger partial charge is 0.229 e. The van der Waals surface area contributed by atoms with E-state index in [0.717, 1.165) is 38.5 Å². The van der Waals surface area contributed by atoms with Crippen LogP contribution in [0.1, 0.15) is 72.6 Å². The van der Waals surface area contributed by atoms with Gasteiger partial charge in [-0.15, -0.1) is 0 Å². The van der Waals surface area contributed by atoms with Crippen molar-refractivity contribution in [1.29, 1.82) is 0 Å². The summed E-state index contributed by atoms with van der Waals surface area (Å²) in [5.74, 6) is 0. The fourth-order valence-electron chi connectivity index (χ4n) is 7.48. The number of anilines is 4. The Kier molecular flexibility index (Phi) is 25.0. The van der Waals surface area contributed by atoms with Gasteiger partial charge in [-0.2, -0.15) is 0 Å². The van der Waals surface area contributed by atoms with E-state index in [1.165, 1.54) is 61.7 Å². The Bertz CT molecular complexity index is 2350. The van der Waals surface area contributed by atoms with Gasteiger partial charge in [0.25, 0.3) is 0 Å². The first-order valence-corrected chi connectivity index (χ1v) is 30.0. The highest BCUT2D eigenvalue weighted by Crippen LogP contribution is 2.41. The molecule has 75 heavy (non-hydrogen) atoms. The van der Waals surface area contributed by atoms with Crippen LogP contribution in [0, 0.1) is 0 Å². The molecule has 4 saturated heterocycles. The highest BCUT2D eigenvalue weighted by atomic mass is 31.2. The zero-order valence-electron chi connectivity index (χ0n) is 41.7. The van der Waals surface area contributed by atoms with Gasteiger partial charge in [0.2, 0.25) is 31.0 Å². The largest absolute Gasteiger partial charge is 0.762 e. The molecule has 31 heteroatoms. The SMILES string of the molecule is C[C@H]1CC[C@@H](COP(=O)([O-])Nc2ccncc2)O1.C[C@H]1CC[C@@H](COP(=O)([O-])Nc2ccncc2)O1.C[C@H]1CC[C@@H](COP(=O)([O-])Nc2ccncc2)O1.C[C@H]1C[C@@H](N=[N+]=[N-])[C@@H](COP(=O)([O-])Nc2ccncc2)O1. The van der Waals surface area contributed by atoms with Crippen LogP contribution in [0.15, 0.2) is 103 Å². The van der Waals surface area contributed by atoms with E-state index in [1.807, 2.05) is 27.7 Å². The molecule has 4 aliphatic heterocycles. The third-order valence-electron chi connectivity index (χ3n) is 11.1. The Morgan fingerprint density at radius 1 is 0.493 bits per heavy atom. The number of hydrogen-bond donors (Lipinski definition) is 4. The van der Waals surface area contributed by atoms with E-state index in [4.69, 9.17) is 42.6 Å². The minimum absolute atomic E-state index is 0.0587. The van der Waals surface area contributed by atoms with Gasteiger partial charge in [0.05, 0.1) is 81.3 Å². The van der Waals surface area contributed by atoms with Crippen LogP contribution < -0.4 is 39.9 Å². The van der Waals surface area contributed by atoms with Crippen LogP contribution in [0.4, 0.5) is 22.7 Å². The summed E-state index contributed by atoms with van der Waals surface area (Å²) < 4.78 is 88.4. The molecule has 8 rings (SSSR count). The monoisotopic (exact) mass is 1130 g/mol. The molecule has 0 radical (unpaired) electrons. The molecule has 27 nitrogen and oxygen atoms in total. The number of azide groups is 1. The minimum Gasteiger partial charge on any atom is -0.762 e. The third kappa shape index (κ3) is 24.6. The van der Waals surface area contributed by atoms with Crippen molar-refractivity contribution in [2.45, 2.75) is 128 Å². The van der Waals surface area contributed by atoms with Crippen LogP contribution in [0.2, 0.25) is 0 Å². The summed E-state index contributed by atoms with van der Waals surface area (Å²) in [6.07, 6.45) is 17.2. The molecular weight excluding hydrogens is 1060 g/mol. The molecule has 8 heterocycles. The van der Waals surface area contributed by atoms with E-state index in [9.17, 15) is 37.8 Å². The van der Waals surface area contributed by atoms with Crippen molar-refractivity contribution in [3.05, 3.63) is 109 Å². The lowest BCUT2D eigenvalue weighted by Gasteiger charge is -2.26. The Morgan fingerprint density at radius 3 is 1.03 bits per heavy atom. The second kappa shape index (κ2) is 30.5. The van der Waals surface area contributed by atoms with Crippen LogP contribution in [-0.2, 0) is 55.3 Å². The Hall–Kier alpha value is -4.45. The summed E-state index contributed by atoms with van der Waals surface area (Å²) in [6, 6.07) is 11.9. The molecule has 4 fully saturated rings. The summed E-state index contributed by atoms with van der Waals surface area (Å²) >= 11 is 0. The number of nitrogens with one attached hydrogen (secondary N) is 4. The summed E-state index contributed by atoms with van der Waals surface area (Å²) in [6.45, 7) is 7.69. The van der Waals surface area contributed by atoms with Gasteiger partial charge < -0.3 is 77.0 Å². The Labute approximate surface area is 435 Å². The molecule has 0 amide bonds. The highest BCUT2D eigenvalue weighted by Gasteiger charge is 2.33. The minimum atomic E-state index is -4.27. The third-order valence-corrected chi connectivity index (χ3v) is 15.1. The first kappa shape index (κ1) is 61.4. The lowest BCUT2D eigenvalue weighted by atomic mass is 10.1. The van der Waals surface area contributed by atoms with Gasteiger partial charge in [-0.3, -0.25) is 38.2 Å². The van der Waals surface area contributed by atoms with Crippen molar-refractivity contribution >= 4 is 53.7 Å². The maximum atomic E-state index is 11.8. The molecule has 0 saturated carbocycles. The predicted molar refractivity (Wildman–Crippen MR) is 268 cm³/mol. The Morgan fingerprint density at radius 2 is 0.773 bits per heavy atom. The molecule has 4 N–H and O–H groups in total. The molecule has 4 aliphatic rings. The predicted octanol–water partition coefficient (Wildman–Crippen LogP) is 6.47. The molecule has 0 aliphatic carbocycles. The summed E-state index contributed by atoms with van der Waals surface area (Å²) in [7, 11) is -16.6. The van der Waals surface area contributed by atoms with Gasteiger partial charge in [-0.05, 0) is 127 Å². The van der Waals surface area contributed by atoms with E-state index in [2.05, 4.69) is 50.3 Å². The number of aromatic nitrogens is 4. The van der Waals surface area contributed by atoms with E-state index >= 15 is 0 Å². The highest BCUT2D eigenvalue weighted by molar-refractivity contribution is 7.53. The first-order chi connectivity index (χ1) is 35.7. The van der Waals surface area contributed by atoms with Gasteiger partial charge in [0.1, 0.15) is 0 Å². The molecule has 4 aromatic rings. The van der Waals surface area contributed by atoms with Crippen molar-refractivity contribution in [3.8, 4) is 0 Å². The quantitative estimate of drug-likeness (QED) is 0.0300. The number of hydrogen-bond acceptors (Lipinski definition) is 21. The molecule has 4 aromatic heterocycles. The normalized spacial score (nSPS) is 27.0. The van der Waals surface area contributed by atoms with Crippen LogP contribution in [0.3, 0.4) is 0 Å². The maximum Gasteiger partial charge on any atom is 0.229 e. The maximum absolute atomic E-state index is 11.8. The van der Waals surface area contributed by atoms with Crippen molar-refractivity contribution in [2.75, 3.05) is 46.8 Å². The summed E-state index contributed by atoms with van der Waals surface area (Å²) in [5, 5.41) is 12.9. The zero-order chi connectivity index (χ0) is 54.3. The molecule has 13 atom stereocenters. The van der Waals surface area contributed by atoms with Crippen LogP contribution >= 0.6 is 31.0 Å². The van der Waals surface area contributed by atoms with Crippen molar-refractivity contribution in [1.82, 2.24) is 19.9 Å². The molecule has 0 aromatic carbocycles. The second-order valence-electron chi connectivity index (χ2n) is 17.5. The topological polar surface area (TPSA) is 383 Å². The zero-order valence-corrected chi connectivity index (χ0v) is 45.2. The van der Waals surface area contributed by atoms with E-state index in [-0.39, 0.29) is 69.2 Å². The van der Waals surface area contributed by atoms with Crippen molar-refractivity contribution in [3.63, 3.8) is 0 Å². The second-order valence-corrected chi connectivity index (χ2v) is 23.4. The number of rotatable bonds is 21. The molecular formula is C44H63N11O16P4-4. The lowest BCUT2D eigenvalue weighted by Crippen LogP contribution is -2.27. The van der Waals surface area contributed by atoms with Gasteiger partial charge in [-0.1, -0.05) is 5.11 Å². The van der Waals surface area contributed by atoms with Gasteiger partial charge >= 0.3 is 0 Å². The van der Waals surface area contributed by atoms with Crippen LogP contribution in [0.25, 0.3) is 10.4 Å². The van der Waals surface area contributed by atoms with Crippen molar-refractivity contribution in [2.24, 2.45) is 5.11 Å². The fraction of sp³-hybridized carbons (Fsp3) is 0.545. The Balaban J connectivity index is 0.000000185. The lowest BCUT2D eigenvalue weighted by molar-refractivity contribution is -0.200. The molecule has 0 spiro atoms. The number of nitrogens with zero attached hydrogens (tertiary/aromatic N) is 7. The van der Waals surface area contributed by atoms with Gasteiger partial charge in [-0.25, -0.2) is 0 Å². The fourth-order valence-corrected chi connectivity index (χ4v) is 11.0. The van der Waals surface area contributed by atoms with E-state index in [0.29, 0.717) is 29.2 Å². The molecule has 414 valence electrons. The standard InChI is InChI=1S/C11H16N5O4P.3C11H17N2O4P/c1-8-6-10(14-16-12)11(20-8)7-19-21(17,18)15-9-2-4-13-5-3-9;3*1-9-2-3-11(17-9)8-16-18(14,15)13-10-4-6-12-7-5-10/h2-5,8,10-11H,6-7H2,1H3,(H2,13,15,17,18);3*4-7,9,11H,2-3,8H2,1H3,(H2,12,13,14,15)/p-4/t8-,10+,11+;3*9-,11-/m0000/s1. The summed E-state index contributed by atoms with van der Waals surface area (Å²) in [5.41, 5.74) is 10.1. The van der Waals surface area contributed by atoms with E-state index in [1.54, 1.807) is 36.4 Å². The van der Waals surface area contributed by atoms with Gasteiger partial charge in [0.15, 0.2) is 0 Å². The van der Waals surface area contributed by atoms with Crippen molar-refractivity contribution < 1.29 is 74.9 Å². The average Bonchev–Trinajstić information content (AvgIpc) is 4.18. The number of pyridine rings is 4.